The van der Waals surface area contributed by atoms with Crippen molar-refractivity contribution in [2.24, 2.45) is 0 Å². The van der Waals surface area contributed by atoms with Crippen LogP contribution in [-0.4, -0.2) is 0 Å². The number of nitrogens with two attached hydrogens (primary N) is 1. The molecule has 0 amide bonds. The molecule has 0 atom stereocenters. The maximum atomic E-state index is 8.96. The van der Waals surface area contributed by atoms with Crippen LogP contribution in [0.4, 0.5) is 17.1 Å². The number of aryl methyl sites for hydroxylation is 2. The second-order valence-corrected chi connectivity index (χ2v) is 4.50. The van der Waals surface area contributed by atoms with Gasteiger partial charge >= 0.3 is 0 Å². The lowest BCUT2D eigenvalue weighted by molar-refractivity contribution is 1.13. The summed E-state index contributed by atoms with van der Waals surface area (Å²) in [5, 5.41) is 12.3. The number of anilines is 3. The van der Waals surface area contributed by atoms with E-state index in [1.54, 1.807) is 18.2 Å². The summed E-state index contributed by atoms with van der Waals surface area (Å²) in [5.41, 5.74) is 11.5. The highest BCUT2D eigenvalue weighted by atomic mass is 14.9. The quantitative estimate of drug-likeness (QED) is 0.816. The fourth-order valence-electron chi connectivity index (χ4n) is 2.07. The summed E-state index contributed by atoms with van der Waals surface area (Å²) < 4.78 is 0. The standard InChI is InChI=1S/C16H17N3/c1-3-13-6-4-5-11(2)16(13)19-15-9-12(10-17)7-8-14(15)18/h4-9,19H,3,18H2,1-2H3. The highest BCUT2D eigenvalue weighted by Gasteiger charge is 2.07. The molecule has 0 saturated heterocycles. The number of rotatable bonds is 3. The monoisotopic (exact) mass is 251 g/mol. The van der Waals surface area contributed by atoms with Crippen molar-refractivity contribution in [1.82, 2.24) is 0 Å². The highest BCUT2D eigenvalue weighted by molar-refractivity contribution is 5.76. The SMILES string of the molecule is CCc1cccc(C)c1Nc1cc(C#N)ccc1N. The average Bonchev–Trinajstić information content (AvgIpc) is 2.43. The smallest absolute Gasteiger partial charge is 0.0992 e. The molecule has 3 heteroatoms. The summed E-state index contributed by atoms with van der Waals surface area (Å²) in [4.78, 5) is 0. The highest BCUT2D eigenvalue weighted by Crippen LogP contribution is 2.29. The first-order chi connectivity index (χ1) is 9.15. The summed E-state index contributed by atoms with van der Waals surface area (Å²) in [7, 11) is 0. The van der Waals surface area contributed by atoms with Gasteiger partial charge in [-0.15, -0.1) is 0 Å². The number of nitrogens with one attached hydrogen (secondary N) is 1. The van der Waals surface area contributed by atoms with E-state index in [1.165, 1.54) is 11.1 Å². The van der Waals surface area contributed by atoms with Crippen LogP contribution in [0.25, 0.3) is 0 Å². The molecule has 0 bridgehead atoms. The molecule has 0 aliphatic carbocycles. The van der Waals surface area contributed by atoms with Gasteiger partial charge in [0.2, 0.25) is 0 Å². The van der Waals surface area contributed by atoms with Gasteiger partial charge < -0.3 is 11.1 Å². The van der Waals surface area contributed by atoms with Crippen LogP contribution in [0.1, 0.15) is 23.6 Å². The topological polar surface area (TPSA) is 61.8 Å². The second-order valence-electron chi connectivity index (χ2n) is 4.50. The van der Waals surface area contributed by atoms with Gasteiger partial charge in [0.15, 0.2) is 0 Å². The van der Waals surface area contributed by atoms with Gasteiger partial charge in [-0.1, -0.05) is 25.1 Å². The molecule has 0 saturated carbocycles. The Bertz CT molecular complexity index is 639. The van der Waals surface area contributed by atoms with E-state index in [0.717, 1.165) is 17.8 Å². The molecule has 0 spiro atoms. The van der Waals surface area contributed by atoms with Crippen LogP contribution in [0.5, 0.6) is 0 Å². The molecule has 0 aliphatic heterocycles. The van der Waals surface area contributed by atoms with E-state index in [0.29, 0.717) is 11.3 Å². The third-order valence-electron chi connectivity index (χ3n) is 3.18. The van der Waals surface area contributed by atoms with Crippen LogP contribution in [0.15, 0.2) is 36.4 Å². The number of nitrogens with zero attached hydrogens (tertiary/aromatic N) is 1. The zero-order valence-corrected chi connectivity index (χ0v) is 11.2. The third kappa shape index (κ3) is 2.69. The van der Waals surface area contributed by atoms with Crippen molar-refractivity contribution >= 4 is 17.1 Å². The van der Waals surface area contributed by atoms with Crippen molar-refractivity contribution in [3.8, 4) is 6.07 Å². The lowest BCUT2D eigenvalue weighted by Crippen LogP contribution is -2.01. The Morgan fingerprint density at radius 3 is 2.74 bits per heavy atom. The van der Waals surface area contributed by atoms with Crippen molar-refractivity contribution in [3.63, 3.8) is 0 Å². The van der Waals surface area contributed by atoms with Gasteiger partial charge in [0, 0.05) is 5.69 Å². The molecule has 0 fully saturated rings. The lowest BCUT2D eigenvalue weighted by Gasteiger charge is -2.15. The molecule has 2 aromatic carbocycles. The van der Waals surface area contributed by atoms with Gasteiger partial charge in [-0.05, 0) is 42.7 Å². The maximum absolute atomic E-state index is 8.96. The minimum absolute atomic E-state index is 0.600. The number of nitriles is 1. The Labute approximate surface area is 113 Å². The van der Waals surface area contributed by atoms with Crippen LogP contribution in [0.3, 0.4) is 0 Å². The molecule has 0 aromatic heterocycles. The van der Waals surface area contributed by atoms with E-state index in [4.69, 9.17) is 11.0 Å². The van der Waals surface area contributed by atoms with Crippen LogP contribution < -0.4 is 11.1 Å². The molecular weight excluding hydrogens is 234 g/mol. The summed E-state index contributed by atoms with van der Waals surface area (Å²) in [6.45, 7) is 4.18. The summed E-state index contributed by atoms with van der Waals surface area (Å²) >= 11 is 0. The predicted molar refractivity (Wildman–Crippen MR) is 79.4 cm³/mol. The largest absolute Gasteiger partial charge is 0.397 e. The maximum Gasteiger partial charge on any atom is 0.0992 e. The van der Waals surface area contributed by atoms with E-state index in [1.807, 2.05) is 0 Å². The fourth-order valence-corrected chi connectivity index (χ4v) is 2.07. The van der Waals surface area contributed by atoms with Gasteiger partial charge in [0.05, 0.1) is 23.0 Å². The molecule has 3 nitrogen and oxygen atoms in total. The summed E-state index contributed by atoms with van der Waals surface area (Å²) in [6.07, 6.45) is 0.946. The minimum atomic E-state index is 0.600. The summed E-state index contributed by atoms with van der Waals surface area (Å²) in [5.74, 6) is 0. The molecule has 0 heterocycles. The first-order valence-electron chi connectivity index (χ1n) is 6.30. The molecular formula is C16H17N3. The third-order valence-corrected chi connectivity index (χ3v) is 3.18. The van der Waals surface area contributed by atoms with E-state index in [9.17, 15) is 0 Å². The molecule has 0 unspecified atom stereocenters. The number of hydrogen-bond donors (Lipinski definition) is 2. The van der Waals surface area contributed by atoms with Gasteiger partial charge in [-0.3, -0.25) is 0 Å². The number of nitrogen functional groups attached to an aromatic ring is 1. The van der Waals surface area contributed by atoms with Gasteiger partial charge in [0.1, 0.15) is 0 Å². The Hall–Kier alpha value is -2.47. The Morgan fingerprint density at radius 1 is 1.26 bits per heavy atom. The second kappa shape index (κ2) is 5.45. The van der Waals surface area contributed by atoms with E-state index >= 15 is 0 Å². The van der Waals surface area contributed by atoms with E-state index < -0.39 is 0 Å². The lowest BCUT2D eigenvalue weighted by atomic mass is 10.0. The molecule has 19 heavy (non-hydrogen) atoms. The van der Waals surface area contributed by atoms with E-state index in [2.05, 4.69) is 43.4 Å². The van der Waals surface area contributed by atoms with Crippen LogP contribution >= 0.6 is 0 Å². The van der Waals surface area contributed by atoms with E-state index in [-0.39, 0.29) is 0 Å². The zero-order valence-electron chi connectivity index (χ0n) is 11.2. The molecule has 3 N–H and O–H groups in total. The fraction of sp³-hybridized carbons (Fsp3) is 0.188. The predicted octanol–water partition coefficient (Wildman–Crippen LogP) is 3.75. The Kier molecular flexibility index (Phi) is 3.72. The zero-order chi connectivity index (χ0) is 13.8. The van der Waals surface area contributed by atoms with Crippen molar-refractivity contribution < 1.29 is 0 Å². The van der Waals surface area contributed by atoms with Crippen LogP contribution in [-0.2, 0) is 6.42 Å². The molecule has 2 rings (SSSR count). The Morgan fingerprint density at radius 2 is 2.05 bits per heavy atom. The van der Waals surface area contributed by atoms with Gasteiger partial charge in [0.25, 0.3) is 0 Å². The van der Waals surface area contributed by atoms with Gasteiger partial charge in [-0.25, -0.2) is 0 Å². The Balaban J connectivity index is 2.44. The van der Waals surface area contributed by atoms with Crippen molar-refractivity contribution in [1.29, 1.82) is 5.26 Å². The number of benzene rings is 2. The van der Waals surface area contributed by atoms with Crippen molar-refractivity contribution in [2.75, 3.05) is 11.1 Å². The van der Waals surface area contributed by atoms with Crippen LogP contribution in [0.2, 0.25) is 0 Å². The molecule has 96 valence electrons. The first kappa shape index (κ1) is 13.0. The normalized spacial score (nSPS) is 9.95. The van der Waals surface area contributed by atoms with Crippen molar-refractivity contribution in [3.05, 3.63) is 53.1 Å². The first-order valence-corrected chi connectivity index (χ1v) is 6.30. The van der Waals surface area contributed by atoms with Crippen molar-refractivity contribution in [2.45, 2.75) is 20.3 Å². The molecule has 0 radical (unpaired) electrons. The molecule has 0 aliphatic rings. The van der Waals surface area contributed by atoms with Gasteiger partial charge in [-0.2, -0.15) is 5.26 Å². The molecule has 2 aromatic rings. The van der Waals surface area contributed by atoms with Crippen LogP contribution in [0, 0.1) is 18.3 Å². The number of hydrogen-bond acceptors (Lipinski definition) is 3. The minimum Gasteiger partial charge on any atom is -0.397 e. The number of para-hydroxylation sites is 1. The summed E-state index contributed by atoms with van der Waals surface area (Å²) in [6, 6.07) is 13.6. The average molecular weight is 251 g/mol.